The Morgan fingerprint density at radius 2 is 1.84 bits per heavy atom. The van der Waals surface area contributed by atoms with Gasteiger partial charge in [-0.25, -0.2) is 27.6 Å². The van der Waals surface area contributed by atoms with Crippen LogP contribution in [-0.2, 0) is 19.3 Å². The number of carbonyl (C=O) groups is 1. The molecule has 10 nitrogen and oxygen atoms in total. The molecular weight excluding hydrogens is 503 g/mol. The molecule has 12 heteroatoms. The van der Waals surface area contributed by atoms with E-state index < -0.39 is 20.9 Å². The molecule has 2 saturated carbocycles. The number of fused-ring (bicyclic) bond motifs is 2. The Labute approximate surface area is 214 Å². The lowest BCUT2D eigenvalue weighted by atomic mass is 9.92. The Hall–Kier alpha value is -2.99. The molecule has 4 aliphatic rings. The summed E-state index contributed by atoms with van der Waals surface area (Å²) in [5.41, 5.74) is 0.699. The van der Waals surface area contributed by atoms with Gasteiger partial charge in [-0.3, -0.25) is 4.90 Å². The van der Waals surface area contributed by atoms with Crippen LogP contribution in [0.2, 0.25) is 0 Å². The van der Waals surface area contributed by atoms with Crippen molar-refractivity contribution in [2.24, 2.45) is 0 Å². The molecule has 2 atom stereocenters. The fourth-order valence-electron chi connectivity index (χ4n) is 4.96. The van der Waals surface area contributed by atoms with Crippen molar-refractivity contribution in [2.75, 3.05) is 18.5 Å². The van der Waals surface area contributed by atoms with Crippen molar-refractivity contribution in [3.8, 4) is 5.88 Å². The van der Waals surface area contributed by atoms with Crippen LogP contribution in [0.3, 0.4) is 0 Å². The van der Waals surface area contributed by atoms with E-state index >= 15 is 0 Å². The second-order valence-corrected chi connectivity index (χ2v) is 12.4. The van der Waals surface area contributed by atoms with Crippen molar-refractivity contribution in [2.45, 2.75) is 79.9 Å². The molecule has 2 saturated heterocycles. The molecule has 2 aliphatic heterocycles. The first-order valence-corrected chi connectivity index (χ1v) is 14.2. The van der Waals surface area contributed by atoms with E-state index in [0.29, 0.717) is 56.2 Å². The van der Waals surface area contributed by atoms with Gasteiger partial charge in [0.2, 0.25) is 5.88 Å². The number of sulfone groups is 1. The third-order valence-electron chi connectivity index (χ3n) is 7.28. The summed E-state index contributed by atoms with van der Waals surface area (Å²) in [6, 6.07) is 3.60. The second kappa shape index (κ2) is 9.39. The van der Waals surface area contributed by atoms with Crippen LogP contribution in [0.1, 0.15) is 44.1 Å². The van der Waals surface area contributed by atoms with Gasteiger partial charge >= 0.3 is 6.09 Å². The molecule has 198 valence electrons. The Morgan fingerprint density at radius 3 is 2.49 bits per heavy atom. The zero-order chi connectivity index (χ0) is 25.7. The van der Waals surface area contributed by atoms with Crippen LogP contribution in [0.4, 0.5) is 20.7 Å². The molecule has 1 N–H and O–H groups in total. The standard InChI is InChI=1S/C25H29FN4O6S/c1-14-23(29-22-7-6-20(10-21(22)26)37(32,33)19-4-5-19)27-13-28-24(14)35-18-8-15-11-34-12-16(9-18)30(15)25(31)36-17-2-3-17/h6-7,10,13,15-19H,2-5,8-9,11-12H2,1H3,(H,27,28,29). The van der Waals surface area contributed by atoms with Crippen LogP contribution < -0.4 is 10.1 Å². The van der Waals surface area contributed by atoms with E-state index in [1.54, 1.807) is 11.8 Å². The number of carbonyl (C=O) groups excluding carboxylic acids is 1. The second-order valence-electron chi connectivity index (χ2n) is 10.2. The zero-order valence-corrected chi connectivity index (χ0v) is 21.2. The molecule has 1 amide bonds. The van der Waals surface area contributed by atoms with E-state index in [0.717, 1.165) is 18.9 Å². The summed E-state index contributed by atoms with van der Waals surface area (Å²) in [7, 11) is -3.48. The van der Waals surface area contributed by atoms with Crippen LogP contribution >= 0.6 is 0 Å². The van der Waals surface area contributed by atoms with Crippen molar-refractivity contribution in [3.05, 3.63) is 35.9 Å². The number of benzene rings is 1. The highest BCUT2D eigenvalue weighted by molar-refractivity contribution is 7.92. The maximum atomic E-state index is 14.8. The van der Waals surface area contributed by atoms with Crippen LogP contribution in [0, 0.1) is 12.7 Å². The summed E-state index contributed by atoms with van der Waals surface area (Å²) >= 11 is 0. The van der Waals surface area contributed by atoms with Gasteiger partial charge in [0.05, 0.1) is 46.7 Å². The van der Waals surface area contributed by atoms with E-state index in [-0.39, 0.29) is 41.0 Å². The smallest absolute Gasteiger partial charge is 0.410 e. The van der Waals surface area contributed by atoms with Crippen LogP contribution in [0.15, 0.2) is 29.4 Å². The van der Waals surface area contributed by atoms with Gasteiger partial charge in [-0.05, 0) is 50.8 Å². The summed E-state index contributed by atoms with van der Waals surface area (Å²) in [6.45, 7) is 2.63. The number of rotatable bonds is 7. The highest BCUT2D eigenvalue weighted by atomic mass is 32.2. The zero-order valence-electron chi connectivity index (χ0n) is 20.4. The molecule has 3 heterocycles. The Morgan fingerprint density at radius 1 is 1.11 bits per heavy atom. The molecule has 0 spiro atoms. The largest absolute Gasteiger partial charge is 0.474 e. The van der Waals surface area contributed by atoms with Crippen LogP contribution in [-0.4, -0.2) is 72.1 Å². The molecule has 1 aromatic carbocycles. The molecule has 37 heavy (non-hydrogen) atoms. The van der Waals surface area contributed by atoms with Crippen LogP contribution in [0.25, 0.3) is 0 Å². The topological polar surface area (TPSA) is 120 Å². The fourth-order valence-corrected chi connectivity index (χ4v) is 6.63. The lowest BCUT2D eigenvalue weighted by Gasteiger charge is -2.47. The highest BCUT2D eigenvalue weighted by Gasteiger charge is 2.45. The molecule has 6 rings (SSSR count). The van der Waals surface area contributed by atoms with E-state index in [9.17, 15) is 17.6 Å². The SMILES string of the molecule is Cc1c(Nc2ccc(S(=O)(=O)C3CC3)cc2F)ncnc1OC1CC2COCC(C1)N2C(=O)OC1CC1. The predicted molar refractivity (Wildman–Crippen MR) is 130 cm³/mol. The molecule has 0 radical (unpaired) electrons. The minimum atomic E-state index is -3.48. The van der Waals surface area contributed by atoms with Crippen LogP contribution in [0.5, 0.6) is 5.88 Å². The third-order valence-corrected chi connectivity index (χ3v) is 9.54. The summed E-state index contributed by atoms with van der Waals surface area (Å²) < 4.78 is 57.1. The first kappa shape index (κ1) is 24.4. The van der Waals surface area contributed by atoms with E-state index in [1.807, 2.05) is 0 Å². The molecule has 1 aromatic heterocycles. The average molecular weight is 533 g/mol. The number of hydrogen-bond acceptors (Lipinski definition) is 9. The van der Waals surface area contributed by atoms with E-state index in [2.05, 4.69) is 15.3 Å². The number of anilines is 2. The number of nitrogens with one attached hydrogen (secondary N) is 1. The van der Waals surface area contributed by atoms with Gasteiger partial charge in [0.25, 0.3) is 0 Å². The summed E-state index contributed by atoms with van der Waals surface area (Å²) in [5, 5.41) is 2.53. The normalized spacial score (nSPS) is 25.5. The lowest BCUT2D eigenvalue weighted by molar-refractivity contribution is -0.0915. The van der Waals surface area contributed by atoms with Crippen molar-refractivity contribution in [1.82, 2.24) is 14.9 Å². The van der Waals surface area contributed by atoms with Gasteiger partial charge in [0.15, 0.2) is 9.84 Å². The molecule has 2 bridgehead atoms. The maximum absolute atomic E-state index is 14.8. The quantitative estimate of drug-likeness (QED) is 0.571. The Balaban J connectivity index is 1.15. The minimum absolute atomic E-state index is 0.0108. The average Bonchev–Trinajstić information content (AvgIpc) is 3.76. The number of piperidine rings is 1. The molecular formula is C25H29FN4O6S. The minimum Gasteiger partial charge on any atom is -0.474 e. The Bertz CT molecular complexity index is 1300. The number of hydrogen-bond donors (Lipinski definition) is 1. The van der Waals surface area contributed by atoms with Crippen molar-refractivity contribution < 1.29 is 31.8 Å². The molecule has 2 aromatic rings. The first-order valence-electron chi connectivity index (χ1n) is 12.6. The molecule has 2 aliphatic carbocycles. The number of morpholine rings is 1. The monoisotopic (exact) mass is 532 g/mol. The number of ether oxygens (including phenoxy) is 3. The molecule has 2 unspecified atom stereocenters. The van der Waals surface area contributed by atoms with Gasteiger partial charge in [0.1, 0.15) is 30.2 Å². The Kier molecular flexibility index (Phi) is 6.18. The third kappa shape index (κ3) is 4.96. The number of aromatic nitrogens is 2. The number of amides is 1. The van der Waals surface area contributed by atoms with E-state index in [4.69, 9.17) is 14.2 Å². The van der Waals surface area contributed by atoms with Gasteiger partial charge in [-0.2, -0.15) is 0 Å². The lowest BCUT2D eigenvalue weighted by Crippen LogP contribution is -2.61. The summed E-state index contributed by atoms with van der Waals surface area (Å²) in [5.74, 6) is 0.0417. The number of nitrogens with zero attached hydrogens (tertiary/aromatic N) is 3. The van der Waals surface area contributed by atoms with Gasteiger partial charge in [-0.1, -0.05) is 0 Å². The number of halogens is 1. The van der Waals surface area contributed by atoms with Gasteiger partial charge < -0.3 is 19.5 Å². The van der Waals surface area contributed by atoms with Gasteiger partial charge in [-0.15, -0.1) is 0 Å². The van der Waals surface area contributed by atoms with Gasteiger partial charge in [0, 0.05) is 12.8 Å². The predicted octanol–water partition coefficient (Wildman–Crippen LogP) is 3.51. The summed E-state index contributed by atoms with van der Waals surface area (Å²) in [4.78, 5) is 23.0. The van der Waals surface area contributed by atoms with Crippen molar-refractivity contribution in [3.63, 3.8) is 0 Å². The maximum Gasteiger partial charge on any atom is 0.410 e. The summed E-state index contributed by atoms with van der Waals surface area (Å²) in [6.07, 6.45) is 5.15. The highest BCUT2D eigenvalue weighted by Crippen LogP contribution is 2.36. The van der Waals surface area contributed by atoms with Crippen molar-refractivity contribution >= 4 is 27.4 Å². The van der Waals surface area contributed by atoms with Crippen molar-refractivity contribution in [1.29, 1.82) is 0 Å². The fraction of sp³-hybridized carbons (Fsp3) is 0.560. The first-order chi connectivity index (χ1) is 17.8. The van der Waals surface area contributed by atoms with E-state index in [1.165, 1.54) is 18.5 Å². The molecule has 4 fully saturated rings.